The van der Waals surface area contributed by atoms with E-state index < -0.39 is 11.9 Å². The van der Waals surface area contributed by atoms with E-state index >= 15 is 0 Å². The van der Waals surface area contributed by atoms with Gasteiger partial charge in [0.25, 0.3) is 0 Å². The lowest BCUT2D eigenvalue weighted by Gasteiger charge is -2.36. The second-order valence-electron chi connectivity index (χ2n) is 9.03. The van der Waals surface area contributed by atoms with Crippen molar-refractivity contribution in [3.8, 4) is 11.5 Å². The number of ketones is 1. The molecule has 34 heavy (non-hydrogen) atoms. The summed E-state index contributed by atoms with van der Waals surface area (Å²) in [6, 6.07) is 9.43. The van der Waals surface area contributed by atoms with E-state index in [-0.39, 0.29) is 17.8 Å². The summed E-state index contributed by atoms with van der Waals surface area (Å²) < 4.78 is 22.3. The number of aryl methyl sites for hydroxylation is 1. The van der Waals surface area contributed by atoms with Gasteiger partial charge in [0.2, 0.25) is 0 Å². The number of hydrogen-bond acceptors (Lipinski definition) is 7. The number of methoxy groups -OCH3 is 2. The van der Waals surface area contributed by atoms with Crippen molar-refractivity contribution in [3.05, 3.63) is 70.0 Å². The summed E-state index contributed by atoms with van der Waals surface area (Å²) in [5.74, 6) is 1.46. The molecule has 180 valence electrons. The van der Waals surface area contributed by atoms with Crippen molar-refractivity contribution in [1.82, 2.24) is 5.32 Å². The minimum atomic E-state index is -0.602. The topological polar surface area (TPSA) is 87.0 Å². The molecule has 1 aromatic carbocycles. The van der Waals surface area contributed by atoms with Crippen molar-refractivity contribution >= 4 is 11.8 Å². The van der Waals surface area contributed by atoms with Crippen molar-refractivity contribution < 1.29 is 28.2 Å². The fourth-order valence-electron chi connectivity index (χ4n) is 4.82. The molecule has 1 aliphatic heterocycles. The molecule has 2 atom stereocenters. The molecule has 2 unspecified atom stereocenters. The Kier molecular flexibility index (Phi) is 6.55. The maximum absolute atomic E-state index is 13.6. The minimum Gasteiger partial charge on any atom is -0.493 e. The van der Waals surface area contributed by atoms with Crippen LogP contribution in [-0.4, -0.2) is 32.1 Å². The monoisotopic (exact) mass is 465 g/mol. The number of ether oxygens (including phenoxy) is 3. The number of esters is 1. The number of benzene rings is 1. The first kappa shape index (κ1) is 23.7. The molecular weight excluding hydrogens is 434 g/mol. The molecule has 0 saturated carbocycles. The first-order valence-corrected chi connectivity index (χ1v) is 11.5. The first-order chi connectivity index (χ1) is 16.2. The van der Waals surface area contributed by atoms with E-state index in [0.29, 0.717) is 46.9 Å². The lowest BCUT2D eigenvalue weighted by molar-refractivity contribution is -0.143. The standard InChI is InChI=1S/C27H31NO6/c1-14(2)33-27(30)24-16(4)28-19-11-18(17-8-10-21(31-5)23(13-17)32-6)12-20(29)25(19)26(24)22-9-7-15(3)34-22/h7-10,13-14,18,26,28H,11-12H2,1-6H3. The molecule has 0 fully saturated rings. The van der Waals surface area contributed by atoms with Gasteiger partial charge in [-0.1, -0.05) is 6.07 Å². The number of rotatable bonds is 6. The Balaban J connectivity index is 1.75. The van der Waals surface area contributed by atoms with E-state index in [4.69, 9.17) is 18.6 Å². The summed E-state index contributed by atoms with van der Waals surface area (Å²) in [6.45, 7) is 7.30. The van der Waals surface area contributed by atoms with E-state index in [0.717, 1.165) is 17.0 Å². The molecule has 1 N–H and O–H groups in total. The molecule has 1 aromatic heterocycles. The molecular formula is C27H31NO6. The molecule has 0 radical (unpaired) electrons. The van der Waals surface area contributed by atoms with Gasteiger partial charge in [0.1, 0.15) is 11.5 Å². The zero-order valence-electron chi connectivity index (χ0n) is 20.5. The number of furan rings is 1. The summed E-state index contributed by atoms with van der Waals surface area (Å²) in [6.07, 6.45) is 0.660. The third kappa shape index (κ3) is 4.34. The molecule has 2 aliphatic rings. The third-order valence-electron chi connectivity index (χ3n) is 6.31. The van der Waals surface area contributed by atoms with Crippen molar-refractivity contribution in [1.29, 1.82) is 0 Å². The molecule has 7 heteroatoms. The highest BCUT2D eigenvalue weighted by Gasteiger charge is 2.43. The Morgan fingerprint density at radius 3 is 2.41 bits per heavy atom. The number of carbonyl (C=O) groups is 2. The number of carbonyl (C=O) groups excluding carboxylic acids is 2. The van der Waals surface area contributed by atoms with Crippen molar-refractivity contribution in [2.75, 3.05) is 14.2 Å². The Bertz CT molecular complexity index is 1190. The van der Waals surface area contributed by atoms with Gasteiger partial charge in [0.05, 0.1) is 31.8 Å². The highest BCUT2D eigenvalue weighted by atomic mass is 16.5. The zero-order valence-corrected chi connectivity index (χ0v) is 20.5. The molecule has 0 amide bonds. The van der Waals surface area contributed by atoms with Crippen LogP contribution < -0.4 is 14.8 Å². The fourth-order valence-corrected chi connectivity index (χ4v) is 4.82. The molecule has 4 rings (SSSR count). The third-order valence-corrected chi connectivity index (χ3v) is 6.31. The average molecular weight is 466 g/mol. The molecule has 0 spiro atoms. The summed E-state index contributed by atoms with van der Waals surface area (Å²) in [5, 5.41) is 3.35. The summed E-state index contributed by atoms with van der Waals surface area (Å²) in [4.78, 5) is 26.7. The van der Waals surface area contributed by atoms with Gasteiger partial charge >= 0.3 is 5.97 Å². The van der Waals surface area contributed by atoms with Gasteiger partial charge < -0.3 is 23.9 Å². The quantitative estimate of drug-likeness (QED) is 0.606. The maximum Gasteiger partial charge on any atom is 0.337 e. The van der Waals surface area contributed by atoms with Crippen LogP contribution in [0.25, 0.3) is 0 Å². The molecule has 0 saturated heterocycles. The largest absolute Gasteiger partial charge is 0.493 e. The van der Waals surface area contributed by atoms with E-state index in [2.05, 4.69) is 5.32 Å². The molecule has 7 nitrogen and oxygen atoms in total. The minimum absolute atomic E-state index is 0.0186. The van der Waals surface area contributed by atoms with Crippen LogP contribution in [0.1, 0.15) is 62.5 Å². The normalized spacial score (nSPS) is 20.3. The van der Waals surface area contributed by atoms with Gasteiger partial charge in [-0.3, -0.25) is 4.79 Å². The van der Waals surface area contributed by atoms with Gasteiger partial charge in [-0.25, -0.2) is 4.79 Å². The van der Waals surface area contributed by atoms with Gasteiger partial charge in [0.15, 0.2) is 17.3 Å². The van der Waals surface area contributed by atoms with Crippen LogP contribution in [0.2, 0.25) is 0 Å². The number of Topliss-reactive ketones (excluding diaryl/α,β-unsaturated/α-hetero) is 1. The highest BCUT2D eigenvalue weighted by molar-refractivity contribution is 6.04. The number of dihydropyridines is 1. The Hall–Kier alpha value is -3.48. The van der Waals surface area contributed by atoms with E-state index in [1.165, 1.54) is 0 Å². The predicted octanol–water partition coefficient (Wildman–Crippen LogP) is 4.92. The molecule has 1 aliphatic carbocycles. The summed E-state index contributed by atoms with van der Waals surface area (Å²) in [7, 11) is 3.19. The summed E-state index contributed by atoms with van der Waals surface area (Å²) in [5.41, 5.74) is 3.47. The number of allylic oxidation sites excluding steroid dienone is 3. The van der Waals surface area contributed by atoms with Crippen LogP contribution in [-0.2, 0) is 14.3 Å². The smallest absolute Gasteiger partial charge is 0.337 e. The second-order valence-corrected chi connectivity index (χ2v) is 9.03. The SMILES string of the molecule is COc1ccc(C2CC(=O)C3=C(C2)NC(C)=C(C(=O)OC(C)C)C3c2ccc(C)o2)cc1OC. The van der Waals surface area contributed by atoms with Crippen LogP contribution in [0.5, 0.6) is 11.5 Å². The predicted molar refractivity (Wildman–Crippen MR) is 127 cm³/mol. The fraction of sp³-hybridized carbons (Fsp3) is 0.407. The van der Waals surface area contributed by atoms with Crippen molar-refractivity contribution in [2.45, 2.75) is 58.5 Å². The lowest BCUT2D eigenvalue weighted by Crippen LogP contribution is -2.36. The Morgan fingerprint density at radius 1 is 1.06 bits per heavy atom. The molecule has 2 aromatic rings. The van der Waals surface area contributed by atoms with E-state index in [1.807, 2.05) is 44.2 Å². The van der Waals surface area contributed by atoms with Crippen LogP contribution in [0, 0.1) is 6.92 Å². The summed E-state index contributed by atoms with van der Waals surface area (Å²) >= 11 is 0. The first-order valence-electron chi connectivity index (χ1n) is 11.5. The molecule has 0 bridgehead atoms. The van der Waals surface area contributed by atoms with Crippen LogP contribution in [0.3, 0.4) is 0 Å². The average Bonchev–Trinajstić information content (AvgIpc) is 3.22. The number of nitrogens with one attached hydrogen (secondary N) is 1. The second kappa shape index (κ2) is 9.41. The van der Waals surface area contributed by atoms with E-state index in [1.54, 1.807) is 28.1 Å². The van der Waals surface area contributed by atoms with Gasteiger partial charge in [-0.05, 0) is 69.9 Å². The van der Waals surface area contributed by atoms with Crippen LogP contribution in [0.4, 0.5) is 0 Å². The number of hydrogen-bond donors (Lipinski definition) is 1. The Morgan fingerprint density at radius 2 is 1.79 bits per heavy atom. The highest BCUT2D eigenvalue weighted by Crippen LogP contribution is 2.46. The van der Waals surface area contributed by atoms with Crippen LogP contribution in [0.15, 0.2) is 57.3 Å². The zero-order chi connectivity index (χ0) is 24.6. The van der Waals surface area contributed by atoms with E-state index in [9.17, 15) is 9.59 Å². The van der Waals surface area contributed by atoms with Gasteiger partial charge in [-0.15, -0.1) is 0 Å². The maximum atomic E-state index is 13.6. The lowest BCUT2D eigenvalue weighted by atomic mass is 9.73. The van der Waals surface area contributed by atoms with Crippen molar-refractivity contribution in [3.63, 3.8) is 0 Å². The van der Waals surface area contributed by atoms with Crippen LogP contribution >= 0.6 is 0 Å². The van der Waals surface area contributed by atoms with Gasteiger partial charge in [0, 0.05) is 23.4 Å². The Labute approximate surface area is 199 Å². The van der Waals surface area contributed by atoms with Gasteiger partial charge in [-0.2, -0.15) is 0 Å². The van der Waals surface area contributed by atoms with Crippen molar-refractivity contribution in [2.24, 2.45) is 0 Å². The molecule has 2 heterocycles.